The quantitative estimate of drug-likeness (QED) is 0.811. The summed E-state index contributed by atoms with van der Waals surface area (Å²) in [6.45, 7) is 0. The van der Waals surface area contributed by atoms with E-state index in [2.05, 4.69) is 22.6 Å². The predicted molar refractivity (Wildman–Crippen MR) is 76.2 cm³/mol. The molecule has 0 spiro atoms. The molecule has 2 rings (SSSR count). The molecule has 1 aromatic rings. The molecule has 0 aromatic heterocycles. The van der Waals surface area contributed by atoms with E-state index < -0.39 is 21.2 Å². The SMILES string of the molecule is O=C(O)C1(Cc2ccc(I)cc2)CCS(=O)(=O)C1. The molecule has 0 radical (unpaired) electrons. The largest absolute Gasteiger partial charge is 0.481 e. The molecule has 98 valence electrons. The van der Waals surface area contributed by atoms with Crippen molar-refractivity contribution in [2.45, 2.75) is 12.8 Å². The third kappa shape index (κ3) is 2.85. The minimum atomic E-state index is -3.21. The van der Waals surface area contributed by atoms with Gasteiger partial charge in [-0.25, -0.2) is 8.42 Å². The zero-order valence-corrected chi connectivity index (χ0v) is 12.6. The lowest BCUT2D eigenvalue weighted by Gasteiger charge is -2.22. The van der Waals surface area contributed by atoms with Crippen LogP contribution in [0.5, 0.6) is 0 Å². The van der Waals surface area contributed by atoms with Gasteiger partial charge in [0.05, 0.1) is 16.9 Å². The Morgan fingerprint density at radius 2 is 1.94 bits per heavy atom. The summed E-state index contributed by atoms with van der Waals surface area (Å²) in [5.74, 6) is -1.28. The molecule has 4 nitrogen and oxygen atoms in total. The molecule has 1 fully saturated rings. The van der Waals surface area contributed by atoms with Crippen LogP contribution in [0, 0.1) is 8.99 Å². The first-order valence-electron chi connectivity index (χ1n) is 5.51. The first kappa shape index (κ1) is 13.8. The van der Waals surface area contributed by atoms with Crippen molar-refractivity contribution in [2.75, 3.05) is 11.5 Å². The molecule has 6 heteroatoms. The molecule has 1 aliphatic heterocycles. The first-order valence-corrected chi connectivity index (χ1v) is 8.41. The van der Waals surface area contributed by atoms with Gasteiger partial charge in [-0.05, 0) is 53.1 Å². The lowest BCUT2D eigenvalue weighted by atomic mass is 9.81. The van der Waals surface area contributed by atoms with Crippen LogP contribution in [0.4, 0.5) is 0 Å². The van der Waals surface area contributed by atoms with E-state index in [-0.39, 0.29) is 24.3 Å². The molecule has 1 atom stereocenters. The van der Waals surface area contributed by atoms with E-state index in [1.807, 2.05) is 24.3 Å². The topological polar surface area (TPSA) is 71.4 Å². The Morgan fingerprint density at radius 3 is 2.39 bits per heavy atom. The number of hydrogen-bond acceptors (Lipinski definition) is 3. The molecular weight excluding hydrogens is 367 g/mol. The minimum absolute atomic E-state index is 0.0241. The fraction of sp³-hybridized carbons (Fsp3) is 0.417. The molecule has 1 saturated heterocycles. The van der Waals surface area contributed by atoms with Gasteiger partial charge >= 0.3 is 5.97 Å². The highest BCUT2D eigenvalue weighted by Crippen LogP contribution is 2.36. The molecule has 1 aromatic carbocycles. The van der Waals surface area contributed by atoms with Gasteiger partial charge in [0.1, 0.15) is 0 Å². The maximum absolute atomic E-state index is 11.5. The third-order valence-corrected chi connectivity index (χ3v) is 5.83. The van der Waals surface area contributed by atoms with Gasteiger partial charge in [-0.15, -0.1) is 0 Å². The number of carbonyl (C=O) groups is 1. The summed E-state index contributed by atoms with van der Waals surface area (Å²) in [5, 5.41) is 9.35. The van der Waals surface area contributed by atoms with Crippen molar-refractivity contribution in [3.8, 4) is 0 Å². The number of carboxylic acid groups (broad SMARTS) is 1. The molecular formula is C12H13IO4S. The van der Waals surface area contributed by atoms with Gasteiger partial charge in [-0.2, -0.15) is 0 Å². The molecule has 0 aliphatic carbocycles. The highest BCUT2D eigenvalue weighted by atomic mass is 127. The number of benzene rings is 1. The molecule has 18 heavy (non-hydrogen) atoms. The fourth-order valence-electron chi connectivity index (χ4n) is 2.29. The zero-order valence-electron chi connectivity index (χ0n) is 9.60. The monoisotopic (exact) mass is 380 g/mol. The Morgan fingerprint density at radius 1 is 1.33 bits per heavy atom. The van der Waals surface area contributed by atoms with E-state index in [0.29, 0.717) is 0 Å². The molecule has 1 aliphatic rings. The number of carboxylic acids is 1. The van der Waals surface area contributed by atoms with E-state index in [1.165, 1.54) is 0 Å². The van der Waals surface area contributed by atoms with E-state index in [1.54, 1.807) is 0 Å². The Labute approximate surface area is 119 Å². The van der Waals surface area contributed by atoms with Crippen LogP contribution < -0.4 is 0 Å². The Hall–Kier alpha value is -0.630. The van der Waals surface area contributed by atoms with Gasteiger partial charge in [0, 0.05) is 3.57 Å². The average Bonchev–Trinajstić information content (AvgIpc) is 2.59. The van der Waals surface area contributed by atoms with Crippen LogP contribution in [0.25, 0.3) is 0 Å². The Balaban J connectivity index is 2.28. The van der Waals surface area contributed by atoms with Crippen molar-refractivity contribution in [1.29, 1.82) is 0 Å². The second-order valence-electron chi connectivity index (χ2n) is 4.73. The van der Waals surface area contributed by atoms with E-state index in [9.17, 15) is 18.3 Å². The van der Waals surface area contributed by atoms with Crippen molar-refractivity contribution < 1.29 is 18.3 Å². The Kier molecular flexibility index (Phi) is 3.68. The van der Waals surface area contributed by atoms with Crippen LogP contribution in [0.3, 0.4) is 0 Å². The molecule has 0 bridgehead atoms. The van der Waals surface area contributed by atoms with E-state index >= 15 is 0 Å². The lowest BCUT2D eigenvalue weighted by Crippen LogP contribution is -2.34. The molecule has 1 heterocycles. The van der Waals surface area contributed by atoms with Crippen LogP contribution in [0.1, 0.15) is 12.0 Å². The second kappa shape index (κ2) is 4.80. The number of hydrogen-bond donors (Lipinski definition) is 1. The summed E-state index contributed by atoms with van der Waals surface area (Å²) >= 11 is 2.17. The molecule has 0 saturated carbocycles. The van der Waals surface area contributed by atoms with Crippen molar-refractivity contribution in [3.05, 3.63) is 33.4 Å². The maximum atomic E-state index is 11.5. The standard InChI is InChI=1S/C12H13IO4S/c13-10-3-1-9(2-4-10)7-12(11(14)15)5-6-18(16,17)8-12/h1-4H,5-8H2,(H,14,15). The van der Waals surface area contributed by atoms with Crippen molar-refractivity contribution in [1.82, 2.24) is 0 Å². The van der Waals surface area contributed by atoms with E-state index in [0.717, 1.165) is 9.13 Å². The van der Waals surface area contributed by atoms with Crippen LogP contribution >= 0.6 is 22.6 Å². The van der Waals surface area contributed by atoms with Crippen molar-refractivity contribution >= 4 is 38.4 Å². The third-order valence-electron chi connectivity index (χ3n) is 3.30. The van der Waals surface area contributed by atoms with Gasteiger partial charge in [-0.3, -0.25) is 4.79 Å². The second-order valence-corrected chi connectivity index (χ2v) is 8.16. The highest BCUT2D eigenvalue weighted by Gasteiger charge is 2.48. The van der Waals surface area contributed by atoms with Crippen LogP contribution in [0.15, 0.2) is 24.3 Å². The first-order chi connectivity index (χ1) is 8.33. The summed E-state index contributed by atoms with van der Waals surface area (Å²) in [6, 6.07) is 7.51. The van der Waals surface area contributed by atoms with E-state index in [4.69, 9.17) is 0 Å². The number of aliphatic carboxylic acids is 1. The minimum Gasteiger partial charge on any atom is -0.481 e. The summed E-state index contributed by atoms with van der Waals surface area (Å²) in [6.07, 6.45) is 0.481. The summed E-state index contributed by atoms with van der Waals surface area (Å²) in [5.41, 5.74) is -0.277. The summed E-state index contributed by atoms with van der Waals surface area (Å²) < 4.78 is 24.1. The van der Waals surface area contributed by atoms with Gasteiger partial charge in [0.2, 0.25) is 0 Å². The highest BCUT2D eigenvalue weighted by molar-refractivity contribution is 14.1. The number of rotatable bonds is 3. The van der Waals surface area contributed by atoms with Gasteiger partial charge in [-0.1, -0.05) is 12.1 Å². The molecule has 0 amide bonds. The smallest absolute Gasteiger partial charge is 0.311 e. The summed E-state index contributed by atoms with van der Waals surface area (Å²) in [7, 11) is -3.21. The van der Waals surface area contributed by atoms with Crippen LogP contribution in [-0.2, 0) is 21.1 Å². The predicted octanol–water partition coefficient (Wildman–Crippen LogP) is 1.72. The van der Waals surface area contributed by atoms with Crippen LogP contribution in [0.2, 0.25) is 0 Å². The number of halogens is 1. The lowest BCUT2D eigenvalue weighted by molar-refractivity contribution is -0.147. The van der Waals surface area contributed by atoms with Crippen molar-refractivity contribution in [3.63, 3.8) is 0 Å². The zero-order chi connectivity index (χ0) is 13.4. The summed E-state index contributed by atoms with van der Waals surface area (Å²) in [4.78, 5) is 11.4. The number of sulfone groups is 1. The fourth-order valence-corrected chi connectivity index (χ4v) is 4.71. The normalized spacial score (nSPS) is 26.1. The van der Waals surface area contributed by atoms with Gasteiger partial charge < -0.3 is 5.11 Å². The molecule has 1 N–H and O–H groups in total. The van der Waals surface area contributed by atoms with Crippen molar-refractivity contribution in [2.24, 2.45) is 5.41 Å². The van der Waals surface area contributed by atoms with Gasteiger partial charge in [0.25, 0.3) is 0 Å². The average molecular weight is 380 g/mol. The van der Waals surface area contributed by atoms with Gasteiger partial charge in [0.15, 0.2) is 9.84 Å². The van der Waals surface area contributed by atoms with Crippen LogP contribution in [-0.4, -0.2) is 31.0 Å². The Bertz CT molecular complexity index is 564. The molecule has 1 unspecified atom stereocenters. The maximum Gasteiger partial charge on any atom is 0.311 e.